The van der Waals surface area contributed by atoms with Gasteiger partial charge in [0.25, 0.3) is 0 Å². The second kappa shape index (κ2) is 7.00. The van der Waals surface area contributed by atoms with Crippen molar-refractivity contribution < 1.29 is 9.47 Å². The smallest absolute Gasteiger partial charge is 0.175 e. The molecular weight excluding hydrogens is 340 g/mol. The molecule has 0 aliphatic carbocycles. The molecule has 0 atom stereocenters. The molecule has 0 spiro atoms. The van der Waals surface area contributed by atoms with Gasteiger partial charge in [0, 0.05) is 5.88 Å². The van der Waals surface area contributed by atoms with E-state index in [-0.39, 0.29) is 0 Å². The lowest BCUT2D eigenvalue weighted by atomic mass is 10.1. The van der Waals surface area contributed by atoms with Crippen molar-refractivity contribution in [2.45, 2.75) is 19.4 Å². The Morgan fingerprint density at radius 2 is 1.95 bits per heavy atom. The van der Waals surface area contributed by atoms with Gasteiger partial charge in [0.1, 0.15) is 6.61 Å². The molecule has 2 nitrogen and oxygen atoms in total. The molecule has 0 N–H and O–H groups in total. The quantitative estimate of drug-likeness (QED) is 0.696. The maximum Gasteiger partial charge on any atom is 0.175 e. The van der Waals surface area contributed by atoms with Gasteiger partial charge in [0.15, 0.2) is 11.5 Å². The third-order valence-corrected chi connectivity index (χ3v) is 3.81. The molecule has 0 saturated carbocycles. The van der Waals surface area contributed by atoms with Crippen LogP contribution in [0.15, 0.2) is 40.9 Å². The van der Waals surface area contributed by atoms with Gasteiger partial charge in [-0.15, -0.1) is 11.6 Å². The number of methoxy groups -OCH3 is 1. The third-order valence-electron chi connectivity index (χ3n) is 2.91. The Kier molecular flexibility index (Phi) is 5.32. The first-order valence-corrected chi connectivity index (χ1v) is 7.57. The molecule has 2 aromatic carbocycles. The topological polar surface area (TPSA) is 18.5 Å². The van der Waals surface area contributed by atoms with Gasteiger partial charge in [0.05, 0.1) is 11.6 Å². The lowest BCUT2D eigenvalue weighted by molar-refractivity contribution is 0.282. The Labute approximate surface area is 132 Å². The first-order valence-electron chi connectivity index (χ1n) is 6.24. The van der Waals surface area contributed by atoms with Crippen LogP contribution in [0.4, 0.5) is 0 Å². The molecule has 0 aliphatic rings. The average Bonchev–Trinajstić information content (AvgIpc) is 2.45. The first kappa shape index (κ1) is 15.2. The fourth-order valence-corrected chi connectivity index (χ4v) is 2.71. The lowest BCUT2D eigenvalue weighted by Crippen LogP contribution is -1.99. The van der Waals surface area contributed by atoms with Gasteiger partial charge in [-0.2, -0.15) is 0 Å². The molecule has 0 unspecified atom stereocenters. The van der Waals surface area contributed by atoms with Crippen molar-refractivity contribution in [3.63, 3.8) is 0 Å². The van der Waals surface area contributed by atoms with E-state index in [1.807, 2.05) is 24.3 Å². The van der Waals surface area contributed by atoms with Crippen LogP contribution >= 0.6 is 27.5 Å². The van der Waals surface area contributed by atoms with Crippen LogP contribution in [0.1, 0.15) is 16.7 Å². The number of alkyl halides is 1. The summed E-state index contributed by atoms with van der Waals surface area (Å²) in [5.74, 6) is 1.82. The molecule has 0 radical (unpaired) electrons. The van der Waals surface area contributed by atoms with Crippen molar-refractivity contribution in [1.82, 2.24) is 0 Å². The summed E-state index contributed by atoms with van der Waals surface area (Å²) in [4.78, 5) is 0. The van der Waals surface area contributed by atoms with Crippen LogP contribution in [-0.2, 0) is 12.5 Å². The summed E-state index contributed by atoms with van der Waals surface area (Å²) in [5, 5.41) is 0. The SMILES string of the molecule is COc1cc(CCl)cc(Br)c1OCc1cccc(C)c1. The molecule has 0 bridgehead atoms. The van der Waals surface area contributed by atoms with Crippen LogP contribution in [0.5, 0.6) is 11.5 Å². The van der Waals surface area contributed by atoms with Crippen LogP contribution < -0.4 is 9.47 Å². The number of hydrogen-bond donors (Lipinski definition) is 0. The minimum Gasteiger partial charge on any atom is -0.493 e. The molecule has 20 heavy (non-hydrogen) atoms. The van der Waals surface area contributed by atoms with Crippen molar-refractivity contribution >= 4 is 27.5 Å². The van der Waals surface area contributed by atoms with Crippen molar-refractivity contribution in [2.75, 3.05) is 7.11 Å². The van der Waals surface area contributed by atoms with Gasteiger partial charge in [-0.3, -0.25) is 0 Å². The Balaban J connectivity index is 2.20. The van der Waals surface area contributed by atoms with E-state index in [2.05, 4.69) is 35.0 Å². The van der Waals surface area contributed by atoms with E-state index in [1.54, 1.807) is 7.11 Å². The zero-order valence-corrected chi connectivity index (χ0v) is 13.8. The molecule has 0 aromatic heterocycles. The molecule has 0 fully saturated rings. The van der Waals surface area contributed by atoms with Gasteiger partial charge in [-0.05, 0) is 46.1 Å². The highest BCUT2D eigenvalue weighted by molar-refractivity contribution is 9.10. The Bertz CT molecular complexity index is 599. The number of ether oxygens (including phenoxy) is 2. The normalized spacial score (nSPS) is 10.4. The van der Waals surface area contributed by atoms with Crippen LogP contribution in [0.25, 0.3) is 0 Å². The lowest BCUT2D eigenvalue weighted by Gasteiger charge is -2.14. The summed E-state index contributed by atoms with van der Waals surface area (Å²) < 4.78 is 12.1. The predicted molar refractivity (Wildman–Crippen MR) is 85.8 cm³/mol. The number of halogens is 2. The molecule has 106 valence electrons. The highest BCUT2D eigenvalue weighted by Gasteiger charge is 2.11. The number of benzene rings is 2. The van der Waals surface area contributed by atoms with Crippen molar-refractivity contribution in [2.24, 2.45) is 0 Å². The predicted octanol–water partition coefficient (Wildman–Crippen LogP) is 5.08. The molecule has 0 amide bonds. The maximum atomic E-state index is 5.88. The Morgan fingerprint density at radius 1 is 1.15 bits per heavy atom. The second-order valence-electron chi connectivity index (χ2n) is 4.52. The van der Waals surface area contributed by atoms with E-state index in [9.17, 15) is 0 Å². The molecule has 0 saturated heterocycles. The first-order chi connectivity index (χ1) is 9.63. The van der Waals surface area contributed by atoms with Crippen molar-refractivity contribution in [3.05, 3.63) is 57.6 Å². The van der Waals surface area contributed by atoms with Gasteiger partial charge in [-0.1, -0.05) is 29.8 Å². The zero-order valence-electron chi connectivity index (χ0n) is 11.5. The fraction of sp³-hybridized carbons (Fsp3) is 0.250. The van der Waals surface area contributed by atoms with Gasteiger partial charge in [-0.25, -0.2) is 0 Å². The monoisotopic (exact) mass is 354 g/mol. The number of aryl methyl sites for hydroxylation is 1. The largest absolute Gasteiger partial charge is 0.493 e. The van der Waals surface area contributed by atoms with E-state index in [0.29, 0.717) is 24.0 Å². The van der Waals surface area contributed by atoms with E-state index >= 15 is 0 Å². The summed E-state index contributed by atoms with van der Waals surface area (Å²) in [6, 6.07) is 12.1. The summed E-state index contributed by atoms with van der Waals surface area (Å²) in [7, 11) is 1.62. The van der Waals surface area contributed by atoms with Crippen molar-refractivity contribution in [3.8, 4) is 11.5 Å². The Morgan fingerprint density at radius 3 is 2.60 bits per heavy atom. The summed E-state index contributed by atoms with van der Waals surface area (Å²) in [6.07, 6.45) is 0. The average molecular weight is 356 g/mol. The minimum atomic E-state index is 0.438. The van der Waals surface area contributed by atoms with Gasteiger partial charge < -0.3 is 9.47 Å². The van der Waals surface area contributed by atoms with E-state index in [4.69, 9.17) is 21.1 Å². The molecule has 2 rings (SSSR count). The van der Waals surface area contributed by atoms with Crippen molar-refractivity contribution in [1.29, 1.82) is 0 Å². The number of rotatable bonds is 5. The summed E-state index contributed by atoms with van der Waals surface area (Å²) in [5.41, 5.74) is 3.33. The molecule has 2 aromatic rings. The van der Waals surface area contributed by atoms with Crippen LogP contribution in [0.3, 0.4) is 0 Å². The third kappa shape index (κ3) is 3.68. The minimum absolute atomic E-state index is 0.438. The van der Waals surface area contributed by atoms with Crippen LogP contribution in [-0.4, -0.2) is 7.11 Å². The maximum absolute atomic E-state index is 5.88. The van der Waals surface area contributed by atoms with E-state index in [1.165, 1.54) is 5.56 Å². The van der Waals surface area contributed by atoms with Gasteiger partial charge >= 0.3 is 0 Å². The van der Waals surface area contributed by atoms with Crippen LogP contribution in [0, 0.1) is 6.92 Å². The highest BCUT2D eigenvalue weighted by atomic mass is 79.9. The zero-order chi connectivity index (χ0) is 14.5. The summed E-state index contributed by atoms with van der Waals surface area (Å²) in [6.45, 7) is 2.56. The standard InChI is InChI=1S/C16H16BrClO2/c1-11-4-3-5-12(6-11)10-20-16-14(17)7-13(9-18)8-15(16)19-2/h3-8H,9-10H2,1-2H3. The Hall–Kier alpha value is -1.19. The van der Waals surface area contributed by atoms with E-state index < -0.39 is 0 Å². The van der Waals surface area contributed by atoms with Gasteiger partial charge in [0.2, 0.25) is 0 Å². The fourth-order valence-electron chi connectivity index (χ4n) is 1.95. The summed E-state index contributed by atoms with van der Waals surface area (Å²) >= 11 is 9.36. The molecule has 0 heterocycles. The second-order valence-corrected chi connectivity index (χ2v) is 5.64. The van der Waals surface area contributed by atoms with Crippen LogP contribution in [0.2, 0.25) is 0 Å². The molecule has 0 aliphatic heterocycles. The molecule has 4 heteroatoms. The van der Waals surface area contributed by atoms with E-state index in [0.717, 1.165) is 15.6 Å². The molecular formula is C16H16BrClO2. The highest BCUT2D eigenvalue weighted by Crippen LogP contribution is 2.37. The number of hydrogen-bond acceptors (Lipinski definition) is 2.